The topological polar surface area (TPSA) is 46.5 Å². The summed E-state index contributed by atoms with van der Waals surface area (Å²) in [5.74, 6) is 1.32. The number of benzene rings is 1. The number of ether oxygens (including phenoxy) is 1. The highest BCUT2D eigenvalue weighted by Gasteiger charge is 2.57. The molecule has 0 bridgehead atoms. The van der Waals surface area contributed by atoms with Gasteiger partial charge < -0.3 is 9.84 Å². The molecule has 0 unspecified atom stereocenters. The van der Waals surface area contributed by atoms with Gasteiger partial charge in [0, 0.05) is 23.1 Å². The summed E-state index contributed by atoms with van der Waals surface area (Å²) in [5, 5.41) is 13.1. The molecule has 1 aromatic heterocycles. The minimum atomic E-state index is -0.682. The lowest BCUT2D eigenvalue weighted by Crippen LogP contribution is -2.55. The van der Waals surface area contributed by atoms with E-state index in [-0.39, 0.29) is 23.4 Å². The number of aliphatic hydroxyl groups is 1. The molecule has 3 atom stereocenters. The monoisotopic (exact) mass is 366 g/mol. The summed E-state index contributed by atoms with van der Waals surface area (Å²) in [6.07, 6.45) is 5.65. The third kappa shape index (κ3) is 2.21. The van der Waals surface area contributed by atoms with Gasteiger partial charge in [0.1, 0.15) is 17.1 Å². The summed E-state index contributed by atoms with van der Waals surface area (Å²) in [6, 6.07) is 11.8. The van der Waals surface area contributed by atoms with Gasteiger partial charge in [-0.1, -0.05) is 31.0 Å². The van der Waals surface area contributed by atoms with E-state index in [9.17, 15) is 9.90 Å². The first-order chi connectivity index (χ1) is 12.7. The molecule has 2 heterocycles. The normalized spacial score (nSPS) is 30.7. The van der Waals surface area contributed by atoms with Crippen LogP contribution in [0.25, 0.3) is 5.76 Å². The summed E-state index contributed by atoms with van der Waals surface area (Å²) < 4.78 is 6.64. The molecule has 4 heteroatoms. The Bertz CT molecular complexity index is 883. The van der Waals surface area contributed by atoms with Crippen LogP contribution < -0.4 is 4.74 Å². The minimum Gasteiger partial charge on any atom is -0.507 e. The largest absolute Gasteiger partial charge is 0.507 e. The third-order valence-corrected chi connectivity index (χ3v) is 7.34. The number of Topliss-reactive ketones (excluding diaryl/α,β-unsaturated/α-hetero) is 1. The molecule has 2 fully saturated rings. The molecule has 1 aromatic carbocycles. The predicted molar refractivity (Wildman–Crippen MR) is 103 cm³/mol. The second-order valence-electron chi connectivity index (χ2n) is 7.67. The van der Waals surface area contributed by atoms with Crippen molar-refractivity contribution in [2.24, 2.45) is 5.92 Å². The molecule has 1 spiro atoms. The van der Waals surface area contributed by atoms with Crippen molar-refractivity contribution in [3.63, 3.8) is 0 Å². The van der Waals surface area contributed by atoms with Crippen molar-refractivity contribution in [2.75, 3.05) is 0 Å². The molecule has 3 aliphatic rings. The van der Waals surface area contributed by atoms with Gasteiger partial charge in [0.05, 0.1) is 11.1 Å². The molecule has 1 aliphatic heterocycles. The molecule has 5 rings (SSSR count). The van der Waals surface area contributed by atoms with Crippen molar-refractivity contribution < 1.29 is 14.6 Å². The van der Waals surface area contributed by atoms with Crippen LogP contribution in [0, 0.1) is 5.92 Å². The molecule has 2 saturated carbocycles. The van der Waals surface area contributed by atoms with Crippen LogP contribution >= 0.6 is 11.3 Å². The number of carbonyl (C=O) groups excluding carboxylic acids is 1. The third-order valence-electron chi connectivity index (χ3n) is 6.33. The van der Waals surface area contributed by atoms with Gasteiger partial charge in [-0.05, 0) is 42.8 Å². The lowest BCUT2D eigenvalue weighted by atomic mass is 9.61. The van der Waals surface area contributed by atoms with Crippen LogP contribution in [-0.2, 0) is 4.79 Å². The number of carbonyl (C=O) groups is 1. The Balaban J connectivity index is 1.72. The van der Waals surface area contributed by atoms with Gasteiger partial charge in [0.2, 0.25) is 0 Å². The van der Waals surface area contributed by atoms with E-state index in [1.165, 1.54) is 4.88 Å². The molecule has 2 aliphatic carbocycles. The van der Waals surface area contributed by atoms with Crippen LogP contribution in [0.1, 0.15) is 54.9 Å². The van der Waals surface area contributed by atoms with E-state index in [4.69, 9.17) is 4.74 Å². The van der Waals surface area contributed by atoms with Gasteiger partial charge in [-0.25, -0.2) is 0 Å². The van der Waals surface area contributed by atoms with Crippen molar-refractivity contribution >= 4 is 22.9 Å². The van der Waals surface area contributed by atoms with Crippen LogP contribution in [0.5, 0.6) is 5.75 Å². The van der Waals surface area contributed by atoms with E-state index in [0.717, 1.165) is 32.1 Å². The second kappa shape index (κ2) is 5.98. The molecular weight excluding hydrogens is 344 g/mol. The fraction of sp³-hybridized carbons (Fsp3) is 0.409. The molecule has 1 N–H and O–H groups in total. The molecule has 3 nitrogen and oxygen atoms in total. The van der Waals surface area contributed by atoms with Gasteiger partial charge in [-0.15, -0.1) is 11.3 Å². The van der Waals surface area contributed by atoms with Gasteiger partial charge in [0.15, 0.2) is 5.78 Å². The summed E-state index contributed by atoms with van der Waals surface area (Å²) in [4.78, 5) is 14.5. The van der Waals surface area contributed by atoms with E-state index in [1.807, 2.05) is 24.3 Å². The number of rotatable bonds is 1. The standard InChI is InChI=1S/C22H22O3S/c23-17-13-15(19-10-6-12-26-19)16-8-2-1-5-11-22(16)20(17)21(24)14-7-3-4-9-18(14)25-22/h3-4,6-7,9-10,12,15-16,24H,1-2,5,8,11,13H2/t15-,16+,22-/m1/s1. The molecule has 0 amide bonds. The van der Waals surface area contributed by atoms with Gasteiger partial charge in [-0.2, -0.15) is 0 Å². The second-order valence-corrected chi connectivity index (χ2v) is 8.65. The summed E-state index contributed by atoms with van der Waals surface area (Å²) in [7, 11) is 0. The maximum Gasteiger partial charge on any atom is 0.167 e. The Morgan fingerprint density at radius 2 is 2.00 bits per heavy atom. The summed E-state index contributed by atoms with van der Waals surface area (Å²) >= 11 is 1.73. The van der Waals surface area contributed by atoms with Crippen molar-refractivity contribution in [1.82, 2.24) is 0 Å². The first-order valence-corrected chi connectivity index (χ1v) is 10.4. The maximum atomic E-state index is 13.2. The van der Waals surface area contributed by atoms with Crippen molar-refractivity contribution in [3.8, 4) is 5.75 Å². The first-order valence-electron chi connectivity index (χ1n) is 9.49. The summed E-state index contributed by atoms with van der Waals surface area (Å²) in [5.41, 5.74) is 0.508. The van der Waals surface area contributed by atoms with E-state index in [2.05, 4.69) is 17.5 Å². The molecule has 0 radical (unpaired) electrons. The maximum absolute atomic E-state index is 13.2. The molecular formula is C22H22O3S. The van der Waals surface area contributed by atoms with E-state index in [1.54, 1.807) is 11.3 Å². The van der Waals surface area contributed by atoms with Crippen LogP contribution in [0.15, 0.2) is 47.4 Å². The Morgan fingerprint density at radius 1 is 1.12 bits per heavy atom. The number of fused-ring (bicyclic) bond motifs is 1. The van der Waals surface area contributed by atoms with Crippen LogP contribution in [0.2, 0.25) is 0 Å². The van der Waals surface area contributed by atoms with Crippen LogP contribution in [0.4, 0.5) is 0 Å². The number of ketones is 1. The Kier molecular flexibility index (Phi) is 3.71. The Hall–Kier alpha value is -2.07. The quantitative estimate of drug-likeness (QED) is 0.726. The van der Waals surface area contributed by atoms with Gasteiger partial charge >= 0.3 is 0 Å². The fourth-order valence-corrected chi connectivity index (χ4v) is 6.15. The first kappa shape index (κ1) is 16.1. The van der Waals surface area contributed by atoms with Crippen molar-refractivity contribution in [3.05, 3.63) is 57.8 Å². The van der Waals surface area contributed by atoms with E-state index < -0.39 is 5.60 Å². The SMILES string of the molecule is O=C1C[C@@H](c2cccs2)[C@@H]2CCCCC[C@@]23Oc2ccccc2C(O)=C13. The smallest absolute Gasteiger partial charge is 0.167 e. The number of hydrogen-bond donors (Lipinski definition) is 1. The lowest BCUT2D eigenvalue weighted by molar-refractivity contribution is -0.123. The van der Waals surface area contributed by atoms with Crippen molar-refractivity contribution in [2.45, 2.75) is 50.0 Å². The highest BCUT2D eigenvalue weighted by atomic mass is 32.1. The van der Waals surface area contributed by atoms with Gasteiger partial charge in [-0.3, -0.25) is 4.79 Å². The number of para-hydroxylation sites is 1. The zero-order valence-corrected chi connectivity index (χ0v) is 15.4. The molecule has 0 saturated heterocycles. The Morgan fingerprint density at radius 3 is 2.85 bits per heavy atom. The zero-order chi connectivity index (χ0) is 17.7. The molecule has 134 valence electrons. The fourth-order valence-electron chi connectivity index (χ4n) is 5.26. The van der Waals surface area contributed by atoms with Crippen molar-refractivity contribution in [1.29, 1.82) is 0 Å². The lowest BCUT2D eigenvalue weighted by Gasteiger charge is -2.50. The zero-order valence-electron chi connectivity index (χ0n) is 14.6. The predicted octanol–water partition coefficient (Wildman–Crippen LogP) is 5.49. The molecule has 2 aromatic rings. The minimum absolute atomic E-state index is 0.0496. The average Bonchev–Trinajstić information content (AvgIpc) is 3.09. The van der Waals surface area contributed by atoms with E-state index >= 15 is 0 Å². The number of aliphatic hydroxyl groups excluding tert-OH is 1. The summed E-state index contributed by atoms with van der Waals surface area (Å²) in [6.45, 7) is 0. The highest BCUT2D eigenvalue weighted by Crippen LogP contribution is 2.57. The van der Waals surface area contributed by atoms with Gasteiger partial charge in [0.25, 0.3) is 0 Å². The van der Waals surface area contributed by atoms with Crippen LogP contribution in [-0.4, -0.2) is 16.5 Å². The number of hydrogen-bond acceptors (Lipinski definition) is 4. The average molecular weight is 366 g/mol. The Labute approximate surface area is 157 Å². The highest BCUT2D eigenvalue weighted by molar-refractivity contribution is 7.10. The van der Waals surface area contributed by atoms with Crippen LogP contribution in [0.3, 0.4) is 0 Å². The molecule has 26 heavy (non-hydrogen) atoms. The van der Waals surface area contributed by atoms with E-state index in [0.29, 0.717) is 23.3 Å². The number of thiophene rings is 1.